The van der Waals surface area contributed by atoms with Crippen molar-refractivity contribution in [2.45, 2.75) is 12.8 Å². The molecule has 0 unspecified atom stereocenters. The minimum Gasteiger partial charge on any atom is -0.481 e. The summed E-state index contributed by atoms with van der Waals surface area (Å²) in [5.41, 5.74) is -0.120. The minimum absolute atomic E-state index is 0.00546. The normalized spacial score (nSPS) is 10.7. The summed E-state index contributed by atoms with van der Waals surface area (Å²) in [6.45, 7) is 0. The molecule has 0 saturated carbocycles. The number of nitrogens with zero attached hydrogens (tertiary/aromatic N) is 2. The lowest BCUT2D eigenvalue weighted by Gasteiger charge is -1.98. The second-order valence-electron chi connectivity index (χ2n) is 3.65. The highest BCUT2D eigenvalue weighted by Crippen LogP contribution is 2.22. The predicted octanol–water partition coefficient (Wildman–Crippen LogP) is 2.17. The van der Waals surface area contributed by atoms with Crippen LogP contribution in [0.5, 0.6) is 0 Å². The summed E-state index contributed by atoms with van der Waals surface area (Å²) < 4.78 is 43.8. The van der Waals surface area contributed by atoms with Gasteiger partial charge in [0.2, 0.25) is 11.8 Å². The van der Waals surface area contributed by atoms with Crippen molar-refractivity contribution in [2.24, 2.45) is 0 Å². The molecule has 1 heterocycles. The Labute approximate surface area is 104 Å². The van der Waals surface area contributed by atoms with Crippen LogP contribution in [0, 0.1) is 17.5 Å². The zero-order chi connectivity index (χ0) is 14.0. The van der Waals surface area contributed by atoms with Gasteiger partial charge in [0, 0.05) is 12.0 Å². The second kappa shape index (κ2) is 5.09. The predicted molar refractivity (Wildman–Crippen MR) is 55.6 cm³/mol. The van der Waals surface area contributed by atoms with Gasteiger partial charge in [-0.3, -0.25) is 4.79 Å². The van der Waals surface area contributed by atoms with E-state index in [1.165, 1.54) is 0 Å². The number of aryl methyl sites for hydroxylation is 1. The molecule has 0 bridgehead atoms. The zero-order valence-corrected chi connectivity index (χ0v) is 9.36. The number of aromatic nitrogens is 2. The average Bonchev–Trinajstić information content (AvgIpc) is 2.81. The highest BCUT2D eigenvalue weighted by atomic mass is 19.2. The number of aliphatic carboxylic acids is 1. The van der Waals surface area contributed by atoms with Crippen molar-refractivity contribution in [1.29, 1.82) is 0 Å². The fraction of sp³-hybridized carbons (Fsp3) is 0.182. The molecule has 19 heavy (non-hydrogen) atoms. The maximum atomic E-state index is 13.0. The Kier molecular flexibility index (Phi) is 3.50. The van der Waals surface area contributed by atoms with E-state index in [2.05, 4.69) is 10.2 Å². The van der Waals surface area contributed by atoms with E-state index in [9.17, 15) is 18.0 Å². The molecule has 5 nitrogen and oxygen atoms in total. The number of carboxylic acids is 1. The Morgan fingerprint density at radius 1 is 1.21 bits per heavy atom. The third-order valence-corrected chi connectivity index (χ3v) is 2.25. The van der Waals surface area contributed by atoms with Gasteiger partial charge in [0.15, 0.2) is 17.5 Å². The van der Waals surface area contributed by atoms with E-state index in [0.29, 0.717) is 12.1 Å². The van der Waals surface area contributed by atoms with Gasteiger partial charge in [0.05, 0.1) is 6.42 Å². The summed E-state index contributed by atoms with van der Waals surface area (Å²) in [5, 5.41) is 15.5. The van der Waals surface area contributed by atoms with Gasteiger partial charge in [-0.2, -0.15) is 0 Å². The van der Waals surface area contributed by atoms with Crippen molar-refractivity contribution in [3.05, 3.63) is 35.5 Å². The molecular formula is C11H7F3N2O3. The standard InChI is InChI=1S/C11H7F3N2O3/c12-6-3-5(4-7(13)10(6)14)11-16-15-8(19-11)1-2-9(17)18/h3-4H,1-2H2,(H,17,18). The van der Waals surface area contributed by atoms with Gasteiger partial charge in [0.1, 0.15) is 0 Å². The van der Waals surface area contributed by atoms with Gasteiger partial charge >= 0.3 is 5.97 Å². The lowest BCUT2D eigenvalue weighted by molar-refractivity contribution is -0.137. The Bertz CT molecular complexity index is 604. The Balaban J connectivity index is 2.25. The zero-order valence-electron chi connectivity index (χ0n) is 9.36. The molecule has 0 fully saturated rings. The van der Waals surface area contributed by atoms with Crippen LogP contribution < -0.4 is 0 Å². The lowest BCUT2D eigenvalue weighted by atomic mass is 10.2. The van der Waals surface area contributed by atoms with Gasteiger partial charge in [-0.1, -0.05) is 0 Å². The molecule has 2 aromatic rings. The number of hydrogen-bond acceptors (Lipinski definition) is 4. The number of rotatable bonds is 4. The molecule has 0 amide bonds. The monoisotopic (exact) mass is 272 g/mol. The largest absolute Gasteiger partial charge is 0.481 e. The van der Waals surface area contributed by atoms with Crippen molar-refractivity contribution in [1.82, 2.24) is 10.2 Å². The Morgan fingerprint density at radius 3 is 2.42 bits per heavy atom. The van der Waals surface area contributed by atoms with Crippen molar-refractivity contribution in [3.63, 3.8) is 0 Å². The number of halogens is 3. The van der Waals surface area contributed by atoms with E-state index in [-0.39, 0.29) is 30.2 Å². The molecule has 0 saturated heterocycles. The van der Waals surface area contributed by atoms with E-state index in [1.54, 1.807) is 0 Å². The number of carboxylic acid groups (broad SMARTS) is 1. The van der Waals surface area contributed by atoms with Crippen LogP contribution in [-0.4, -0.2) is 21.3 Å². The lowest BCUT2D eigenvalue weighted by Crippen LogP contribution is -1.97. The van der Waals surface area contributed by atoms with Crippen LogP contribution >= 0.6 is 0 Å². The molecule has 8 heteroatoms. The quantitative estimate of drug-likeness (QED) is 0.863. The third-order valence-electron chi connectivity index (χ3n) is 2.25. The number of hydrogen-bond donors (Lipinski definition) is 1. The van der Waals surface area contributed by atoms with Crippen LogP contribution in [-0.2, 0) is 11.2 Å². The Hall–Kier alpha value is -2.38. The molecule has 1 aromatic heterocycles. The summed E-state index contributed by atoms with van der Waals surface area (Å²) in [6.07, 6.45) is -0.220. The summed E-state index contributed by atoms with van der Waals surface area (Å²) in [5.74, 6) is -5.57. The van der Waals surface area contributed by atoms with E-state index >= 15 is 0 Å². The summed E-state index contributed by atoms with van der Waals surface area (Å²) in [6, 6.07) is 1.43. The second-order valence-corrected chi connectivity index (χ2v) is 3.65. The first-order chi connectivity index (χ1) is 8.97. The summed E-state index contributed by atoms with van der Waals surface area (Å²) >= 11 is 0. The van der Waals surface area contributed by atoms with Crippen LogP contribution in [0.4, 0.5) is 13.2 Å². The van der Waals surface area contributed by atoms with Crippen LogP contribution in [0.2, 0.25) is 0 Å². The van der Waals surface area contributed by atoms with Crippen LogP contribution in [0.3, 0.4) is 0 Å². The van der Waals surface area contributed by atoms with Gasteiger partial charge in [0.25, 0.3) is 0 Å². The Morgan fingerprint density at radius 2 is 1.84 bits per heavy atom. The van der Waals surface area contributed by atoms with Gasteiger partial charge in [-0.25, -0.2) is 13.2 Å². The third kappa shape index (κ3) is 2.90. The molecule has 0 aliphatic rings. The van der Waals surface area contributed by atoms with Crippen LogP contribution in [0.1, 0.15) is 12.3 Å². The van der Waals surface area contributed by atoms with Gasteiger partial charge in [-0.15, -0.1) is 10.2 Å². The van der Waals surface area contributed by atoms with Crippen molar-refractivity contribution >= 4 is 5.97 Å². The molecule has 1 aromatic carbocycles. The van der Waals surface area contributed by atoms with E-state index in [4.69, 9.17) is 9.52 Å². The smallest absolute Gasteiger partial charge is 0.303 e. The summed E-state index contributed by atoms with van der Waals surface area (Å²) in [4.78, 5) is 10.3. The van der Waals surface area contributed by atoms with Crippen molar-refractivity contribution < 1.29 is 27.5 Å². The highest BCUT2D eigenvalue weighted by molar-refractivity contribution is 5.66. The maximum Gasteiger partial charge on any atom is 0.303 e. The molecule has 0 spiro atoms. The summed E-state index contributed by atoms with van der Waals surface area (Å²) in [7, 11) is 0. The SMILES string of the molecule is O=C(O)CCc1nnc(-c2cc(F)c(F)c(F)c2)o1. The first-order valence-corrected chi connectivity index (χ1v) is 5.16. The fourth-order valence-electron chi connectivity index (χ4n) is 1.36. The van der Waals surface area contributed by atoms with Crippen LogP contribution in [0.15, 0.2) is 16.5 Å². The first-order valence-electron chi connectivity index (χ1n) is 5.16. The molecular weight excluding hydrogens is 265 g/mol. The van der Waals surface area contributed by atoms with E-state index < -0.39 is 23.4 Å². The van der Waals surface area contributed by atoms with Gasteiger partial charge < -0.3 is 9.52 Å². The molecule has 0 radical (unpaired) electrons. The fourth-order valence-corrected chi connectivity index (χ4v) is 1.36. The first kappa shape index (κ1) is 13.1. The molecule has 0 aliphatic carbocycles. The maximum absolute atomic E-state index is 13.0. The topological polar surface area (TPSA) is 76.2 Å². The molecule has 1 N–H and O–H groups in total. The van der Waals surface area contributed by atoms with Crippen molar-refractivity contribution in [3.8, 4) is 11.5 Å². The average molecular weight is 272 g/mol. The molecule has 0 aliphatic heterocycles. The van der Waals surface area contributed by atoms with Crippen LogP contribution in [0.25, 0.3) is 11.5 Å². The number of carbonyl (C=O) groups is 1. The minimum atomic E-state index is -1.59. The van der Waals surface area contributed by atoms with E-state index in [1.807, 2.05) is 0 Å². The number of benzene rings is 1. The van der Waals surface area contributed by atoms with E-state index in [0.717, 1.165) is 0 Å². The molecule has 2 rings (SSSR count). The van der Waals surface area contributed by atoms with Crippen molar-refractivity contribution in [2.75, 3.05) is 0 Å². The molecule has 0 atom stereocenters. The molecule has 100 valence electrons. The highest BCUT2D eigenvalue weighted by Gasteiger charge is 2.16. The van der Waals surface area contributed by atoms with Gasteiger partial charge in [-0.05, 0) is 12.1 Å².